The van der Waals surface area contributed by atoms with E-state index in [1.54, 1.807) is 13.4 Å². The van der Waals surface area contributed by atoms with E-state index in [9.17, 15) is 0 Å². The second kappa shape index (κ2) is 9.72. The first-order valence-electron chi connectivity index (χ1n) is 11.3. The molecule has 0 aromatic carbocycles. The molecule has 0 aromatic heterocycles. The van der Waals surface area contributed by atoms with Crippen LogP contribution in [0.25, 0.3) is 0 Å². The van der Waals surface area contributed by atoms with Gasteiger partial charge in [0.05, 0.1) is 33.2 Å². The number of hydrogen-bond acceptors (Lipinski definition) is 4. The number of methoxy groups -OCH3 is 1. The summed E-state index contributed by atoms with van der Waals surface area (Å²) in [6.45, 7) is 20.1. The van der Waals surface area contributed by atoms with Crippen LogP contribution in [-0.4, -0.2) is 41.0 Å². The van der Waals surface area contributed by atoms with E-state index in [0.717, 1.165) is 12.8 Å². The molecule has 0 spiro atoms. The predicted octanol–water partition coefficient (Wildman–Crippen LogP) is 6.47. The lowest BCUT2D eigenvalue weighted by atomic mass is 9.71. The van der Waals surface area contributed by atoms with Crippen molar-refractivity contribution in [1.82, 2.24) is 0 Å². The first-order valence-corrected chi connectivity index (χ1v) is 14.2. The summed E-state index contributed by atoms with van der Waals surface area (Å²) < 4.78 is 23.6. The molecule has 0 bridgehead atoms. The molecule has 4 nitrogen and oxygen atoms in total. The monoisotopic (exact) mass is 436 g/mol. The van der Waals surface area contributed by atoms with Crippen LogP contribution >= 0.6 is 0 Å². The molecule has 1 saturated heterocycles. The fourth-order valence-electron chi connectivity index (χ4n) is 4.20. The van der Waals surface area contributed by atoms with Gasteiger partial charge in [-0.1, -0.05) is 51.5 Å². The molecule has 30 heavy (non-hydrogen) atoms. The average molecular weight is 437 g/mol. The Kier molecular flexibility index (Phi) is 8.22. The van der Waals surface area contributed by atoms with E-state index >= 15 is 0 Å². The van der Waals surface area contributed by atoms with Crippen molar-refractivity contribution in [3.63, 3.8) is 0 Å². The summed E-state index contributed by atoms with van der Waals surface area (Å²) >= 11 is 0. The summed E-state index contributed by atoms with van der Waals surface area (Å²) in [6, 6.07) is 0. The zero-order valence-corrected chi connectivity index (χ0v) is 21.7. The van der Waals surface area contributed by atoms with Crippen LogP contribution in [-0.2, 0) is 18.6 Å². The van der Waals surface area contributed by atoms with Gasteiger partial charge in [-0.15, -0.1) is 0 Å². The van der Waals surface area contributed by atoms with Crippen molar-refractivity contribution in [1.29, 1.82) is 0 Å². The van der Waals surface area contributed by atoms with Gasteiger partial charge in [0, 0.05) is 11.3 Å². The Morgan fingerprint density at radius 3 is 2.40 bits per heavy atom. The summed E-state index contributed by atoms with van der Waals surface area (Å²) in [7, 11) is -0.00852. The highest BCUT2D eigenvalue weighted by Gasteiger charge is 2.50. The fraction of sp³-hybridized carbons (Fsp3) is 0.760. The maximum absolute atomic E-state index is 6.33. The van der Waals surface area contributed by atoms with E-state index in [0.29, 0.717) is 25.7 Å². The first-order chi connectivity index (χ1) is 13.8. The van der Waals surface area contributed by atoms with Crippen LogP contribution in [0.2, 0.25) is 18.1 Å². The minimum Gasteiger partial charge on any atom is -0.505 e. The van der Waals surface area contributed by atoms with Crippen molar-refractivity contribution < 1.29 is 18.6 Å². The highest BCUT2D eigenvalue weighted by Crippen LogP contribution is 2.51. The largest absolute Gasteiger partial charge is 0.505 e. The molecule has 5 heteroatoms. The van der Waals surface area contributed by atoms with E-state index in [1.807, 2.05) is 0 Å². The topological polar surface area (TPSA) is 36.9 Å². The van der Waals surface area contributed by atoms with Crippen LogP contribution < -0.4 is 0 Å². The van der Waals surface area contributed by atoms with Crippen molar-refractivity contribution >= 4 is 8.32 Å². The summed E-state index contributed by atoms with van der Waals surface area (Å²) in [6.07, 6.45) is 12.9. The fourth-order valence-corrected chi connectivity index (χ4v) is 5.13. The quantitative estimate of drug-likeness (QED) is 0.236. The van der Waals surface area contributed by atoms with Crippen molar-refractivity contribution in [3.05, 3.63) is 36.1 Å². The molecule has 2 rings (SSSR count). The lowest BCUT2D eigenvalue weighted by Crippen LogP contribution is -2.41. The molecule has 0 aromatic rings. The third-order valence-electron chi connectivity index (χ3n) is 7.46. The molecule has 172 valence electrons. The SMILES string of the molecule is CO/C=C/[C@]1(C)C=C[C@H](C2(C)OCCO2)[C@H]1CC/C(C)=C/CO[Si](C)(C)C(C)(C)C. The Morgan fingerprint density at radius 2 is 1.83 bits per heavy atom. The Labute approximate surface area is 185 Å². The molecule has 0 saturated carbocycles. The number of allylic oxidation sites excluding steroid dienone is 3. The van der Waals surface area contributed by atoms with Crippen molar-refractivity contribution in [2.75, 3.05) is 26.9 Å². The number of rotatable bonds is 9. The van der Waals surface area contributed by atoms with E-state index in [-0.39, 0.29) is 16.4 Å². The Bertz CT molecular complexity index is 653. The van der Waals surface area contributed by atoms with Gasteiger partial charge in [-0.05, 0) is 56.8 Å². The van der Waals surface area contributed by atoms with E-state index in [2.05, 4.69) is 78.9 Å². The molecule has 0 radical (unpaired) electrons. The van der Waals surface area contributed by atoms with Gasteiger partial charge in [0.25, 0.3) is 0 Å². The normalized spacial score (nSPS) is 29.8. The lowest BCUT2D eigenvalue weighted by Gasteiger charge is -2.38. The number of ether oxygens (including phenoxy) is 3. The zero-order chi connectivity index (χ0) is 22.6. The van der Waals surface area contributed by atoms with E-state index in [1.165, 1.54) is 5.57 Å². The van der Waals surface area contributed by atoms with Crippen LogP contribution in [0.1, 0.15) is 54.4 Å². The minimum absolute atomic E-state index is 0.0725. The maximum Gasteiger partial charge on any atom is 0.192 e. The average Bonchev–Trinajstić information content (AvgIpc) is 3.22. The second-order valence-corrected chi connectivity index (χ2v) is 15.6. The highest BCUT2D eigenvalue weighted by atomic mass is 28.4. The molecule has 0 N–H and O–H groups in total. The molecule has 3 atom stereocenters. The van der Waals surface area contributed by atoms with Gasteiger partial charge >= 0.3 is 0 Å². The van der Waals surface area contributed by atoms with Gasteiger partial charge in [0.1, 0.15) is 0 Å². The van der Waals surface area contributed by atoms with Crippen LogP contribution in [0.3, 0.4) is 0 Å². The summed E-state index contributed by atoms with van der Waals surface area (Å²) in [5, 5.41) is 0.240. The van der Waals surface area contributed by atoms with Crippen molar-refractivity contribution in [2.45, 2.75) is 78.3 Å². The molecular formula is C25H44O4Si. The molecule has 1 aliphatic heterocycles. The predicted molar refractivity (Wildman–Crippen MR) is 127 cm³/mol. The Hall–Kier alpha value is -0.883. The van der Waals surface area contributed by atoms with Crippen molar-refractivity contribution in [2.24, 2.45) is 17.3 Å². The number of hydrogen-bond donors (Lipinski definition) is 0. The van der Waals surface area contributed by atoms with Gasteiger partial charge in [0.15, 0.2) is 14.1 Å². The zero-order valence-electron chi connectivity index (χ0n) is 20.7. The van der Waals surface area contributed by atoms with E-state index < -0.39 is 14.1 Å². The second-order valence-electron chi connectivity index (χ2n) is 10.8. The lowest BCUT2D eigenvalue weighted by molar-refractivity contribution is -0.183. The highest BCUT2D eigenvalue weighted by molar-refractivity contribution is 6.74. The van der Waals surface area contributed by atoms with Crippen LogP contribution in [0, 0.1) is 17.3 Å². The summed E-state index contributed by atoms with van der Waals surface area (Å²) in [5.41, 5.74) is 1.31. The molecule has 2 aliphatic rings. The minimum atomic E-state index is -1.71. The molecule has 1 fully saturated rings. The van der Waals surface area contributed by atoms with Gasteiger partial charge < -0.3 is 18.6 Å². The van der Waals surface area contributed by atoms with Gasteiger partial charge in [0.2, 0.25) is 0 Å². The smallest absolute Gasteiger partial charge is 0.192 e. The maximum atomic E-state index is 6.33. The van der Waals surface area contributed by atoms with Gasteiger partial charge in [-0.25, -0.2) is 0 Å². The Morgan fingerprint density at radius 1 is 1.20 bits per heavy atom. The van der Waals surface area contributed by atoms with Gasteiger partial charge in [-0.3, -0.25) is 0 Å². The standard InChI is InChI=1S/C25H44O4Si/c1-20(13-16-29-30(8,9)23(2,3)4)10-11-21-22(25(6)27-18-19-28-25)12-14-24(21,5)15-17-26-7/h12-15,17,21-22H,10-11,16,18-19H2,1-9H3/b17-15+,20-13+/t21-,22+,24+/m1/s1. The molecule has 1 aliphatic carbocycles. The molecule has 0 amide bonds. The molecule has 0 unspecified atom stereocenters. The Balaban J connectivity index is 2.05. The van der Waals surface area contributed by atoms with Gasteiger partial charge in [-0.2, -0.15) is 0 Å². The third kappa shape index (κ3) is 5.87. The summed E-state index contributed by atoms with van der Waals surface area (Å²) in [5.74, 6) is 0.0718. The summed E-state index contributed by atoms with van der Waals surface area (Å²) in [4.78, 5) is 0. The third-order valence-corrected chi connectivity index (χ3v) is 12.0. The van der Waals surface area contributed by atoms with Crippen LogP contribution in [0.15, 0.2) is 36.1 Å². The molecular weight excluding hydrogens is 392 g/mol. The van der Waals surface area contributed by atoms with Crippen molar-refractivity contribution in [3.8, 4) is 0 Å². The van der Waals surface area contributed by atoms with E-state index in [4.69, 9.17) is 18.6 Å². The first kappa shape index (κ1) is 25.4. The van der Waals surface area contributed by atoms with Crippen LogP contribution in [0.4, 0.5) is 0 Å². The molecule has 1 heterocycles. The van der Waals surface area contributed by atoms with Crippen LogP contribution in [0.5, 0.6) is 0 Å².